The van der Waals surface area contributed by atoms with Crippen LogP contribution in [0.1, 0.15) is 37.1 Å². The molecule has 1 N–H and O–H groups in total. The minimum absolute atomic E-state index is 0.0205. The van der Waals surface area contributed by atoms with Crippen LogP contribution in [0.5, 0.6) is 5.75 Å². The zero-order valence-electron chi connectivity index (χ0n) is 22.8. The first-order valence-corrected chi connectivity index (χ1v) is 14.2. The number of aliphatic imine (C=N–C) groups is 1. The van der Waals surface area contributed by atoms with E-state index in [-0.39, 0.29) is 4.90 Å². The number of aromatic nitrogens is 1. The number of fused-ring (bicyclic) bond motifs is 1. The highest BCUT2D eigenvalue weighted by molar-refractivity contribution is 7.90. The lowest BCUT2D eigenvalue weighted by Crippen LogP contribution is -2.40. The fourth-order valence-corrected chi connectivity index (χ4v) is 6.15. The van der Waals surface area contributed by atoms with Gasteiger partial charge in [-0.05, 0) is 64.4 Å². The largest absolute Gasteiger partial charge is 0.496 e. The van der Waals surface area contributed by atoms with Crippen LogP contribution in [-0.2, 0) is 25.0 Å². The maximum absolute atomic E-state index is 14.1. The van der Waals surface area contributed by atoms with E-state index in [1.165, 1.54) is 13.2 Å². The van der Waals surface area contributed by atoms with Gasteiger partial charge in [0, 0.05) is 34.3 Å². The summed E-state index contributed by atoms with van der Waals surface area (Å²) in [5.41, 5.74) is 2.03. The van der Waals surface area contributed by atoms with Gasteiger partial charge in [-0.25, -0.2) is 18.1 Å². The summed E-state index contributed by atoms with van der Waals surface area (Å²) in [7, 11) is -2.74. The molecule has 204 valence electrons. The van der Waals surface area contributed by atoms with Crippen molar-refractivity contribution in [3.63, 3.8) is 0 Å². The predicted molar refractivity (Wildman–Crippen MR) is 152 cm³/mol. The van der Waals surface area contributed by atoms with Crippen LogP contribution in [0.15, 0.2) is 82.8 Å². The SMILES string of the molecule is C=C(/C(=N\C=C/C)OCC)[C@@H]1C[C@]1(C(=O)NS(=O)(=O)c1cccc2nc(C)ccc12)c1cc(C)ccc1OC. The van der Waals surface area contributed by atoms with Gasteiger partial charge in [0.25, 0.3) is 10.0 Å². The number of carbonyl (C=O) groups is 1. The molecular weight excluding hydrogens is 514 g/mol. The van der Waals surface area contributed by atoms with Crippen molar-refractivity contribution in [1.82, 2.24) is 9.71 Å². The highest BCUT2D eigenvalue weighted by Crippen LogP contribution is 2.60. The van der Waals surface area contributed by atoms with Crippen molar-refractivity contribution < 1.29 is 22.7 Å². The van der Waals surface area contributed by atoms with E-state index < -0.39 is 27.3 Å². The van der Waals surface area contributed by atoms with Gasteiger partial charge >= 0.3 is 0 Å². The number of benzene rings is 2. The minimum atomic E-state index is -4.26. The van der Waals surface area contributed by atoms with Crippen molar-refractivity contribution >= 4 is 32.7 Å². The van der Waals surface area contributed by atoms with E-state index in [2.05, 4.69) is 21.3 Å². The number of ether oxygens (including phenoxy) is 2. The molecule has 1 heterocycles. The van der Waals surface area contributed by atoms with E-state index in [0.717, 1.165) is 11.3 Å². The molecule has 1 aliphatic carbocycles. The molecule has 2 aromatic carbocycles. The summed E-state index contributed by atoms with van der Waals surface area (Å²) in [5.74, 6) is -0.343. The van der Waals surface area contributed by atoms with Gasteiger partial charge in [0.1, 0.15) is 5.75 Å². The highest BCUT2D eigenvalue weighted by Gasteiger charge is 2.64. The van der Waals surface area contributed by atoms with Crippen molar-refractivity contribution in [2.75, 3.05) is 13.7 Å². The Labute approximate surface area is 229 Å². The number of amides is 1. The molecule has 1 aromatic heterocycles. The van der Waals surface area contributed by atoms with Crippen LogP contribution in [0.25, 0.3) is 10.9 Å². The molecule has 1 saturated carbocycles. The van der Waals surface area contributed by atoms with Gasteiger partial charge in [-0.3, -0.25) is 9.78 Å². The number of methoxy groups -OCH3 is 1. The molecule has 3 aromatic rings. The molecule has 0 unspecified atom stereocenters. The summed E-state index contributed by atoms with van der Waals surface area (Å²) in [6, 6.07) is 13.8. The van der Waals surface area contributed by atoms with Crippen molar-refractivity contribution in [2.45, 2.75) is 44.4 Å². The van der Waals surface area contributed by atoms with E-state index in [0.29, 0.717) is 46.7 Å². The van der Waals surface area contributed by atoms with E-state index >= 15 is 0 Å². The van der Waals surface area contributed by atoms with Crippen molar-refractivity contribution in [3.05, 3.63) is 89.8 Å². The van der Waals surface area contributed by atoms with Gasteiger partial charge in [0.15, 0.2) is 0 Å². The first kappa shape index (κ1) is 28.0. The number of nitrogens with zero attached hydrogens (tertiary/aromatic N) is 2. The molecule has 1 aliphatic rings. The zero-order chi connectivity index (χ0) is 28.4. The number of rotatable bonds is 9. The monoisotopic (exact) mass is 547 g/mol. The van der Waals surface area contributed by atoms with Gasteiger partial charge in [-0.1, -0.05) is 36.4 Å². The van der Waals surface area contributed by atoms with Crippen molar-refractivity contribution in [3.8, 4) is 5.75 Å². The first-order valence-electron chi connectivity index (χ1n) is 12.7. The zero-order valence-corrected chi connectivity index (χ0v) is 23.6. The molecule has 2 atom stereocenters. The molecule has 0 spiro atoms. The second kappa shape index (κ2) is 11.0. The van der Waals surface area contributed by atoms with Gasteiger partial charge in [-0.15, -0.1) is 0 Å². The Morgan fingerprint density at radius 2 is 2.00 bits per heavy atom. The summed E-state index contributed by atoms with van der Waals surface area (Å²) >= 11 is 0. The lowest BCUT2D eigenvalue weighted by Gasteiger charge is -2.22. The third-order valence-corrected chi connectivity index (χ3v) is 8.26. The Hall–Kier alpha value is -3.98. The Morgan fingerprint density at radius 3 is 2.69 bits per heavy atom. The average molecular weight is 548 g/mol. The Bertz CT molecular complexity index is 1610. The van der Waals surface area contributed by atoms with Crippen LogP contribution < -0.4 is 9.46 Å². The fourth-order valence-electron chi connectivity index (χ4n) is 4.90. The summed E-state index contributed by atoms with van der Waals surface area (Å²) in [5, 5.41) is 0.430. The maximum Gasteiger partial charge on any atom is 0.264 e. The second-order valence-electron chi connectivity index (χ2n) is 9.52. The molecule has 0 aliphatic heterocycles. The number of hydrogen-bond donors (Lipinski definition) is 1. The second-order valence-corrected chi connectivity index (χ2v) is 11.2. The molecular formula is C30H33N3O5S. The number of aryl methyl sites for hydroxylation is 2. The summed E-state index contributed by atoms with van der Waals surface area (Å²) in [6.45, 7) is 12.0. The minimum Gasteiger partial charge on any atom is -0.496 e. The fraction of sp³-hybridized carbons (Fsp3) is 0.300. The van der Waals surface area contributed by atoms with E-state index in [1.54, 1.807) is 42.6 Å². The van der Waals surface area contributed by atoms with Crippen LogP contribution in [0.2, 0.25) is 0 Å². The van der Waals surface area contributed by atoms with Crippen LogP contribution in [0.4, 0.5) is 0 Å². The standard InChI is InChI=1S/C30H33N3O5S/c1-7-16-31-28(38-8-2)21(5)24-18-30(24,23-17-19(3)12-15-26(23)37-6)29(34)33-39(35,36)27-11-9-10-25-22(27)14-13-20(4)32-25/h7,9-17,24H,5,8,18H2,1-4,6H3,(H,33,34)/b16-7-,31-28+/t24-,30-/m0/s1. The molecule has 1 amide bonds. The number of hydrogen-bond acceptors (Lipinski definition) is 7. The molecule has 1 fully saturated rings. The Kier molecular flexibility index (Phi) is 7.92. The topological polar surface area (TPSA) is 107 Å². The van der Waals surface area contributed by atoms with Gasteiger partial charge in [0.05, 0.1) is 29.5 Å². The molecule has 8 nitrogen and oxygen atoms in total. The van der Waals surface area contributed by atoms with Crippen LogP contribution in [-0.4, -0.2) is 38.9 Å². The summed E-state index contributed by atoms with van der Waals surface area (Å²) in [6.07, 6.45) is 3.66. The van der Waals surface area contributed by atoms with Crippen LogP contribution in [0, 0.1) is 19.8 Å². The number of allylic oxidation sites excluding steroid dienone is 1. The van der Waals surface area contributed by atoms with Crippen molar-refractivity contribution in [2.24, 2.45) is 10.9 Å². The molecule has 0 saturated heterocycles. The van der Waals surface area contributed by atoms with Gasteiger partial charge < -0.3 is 9.47 Å². The lowest BCUT2D eigenvalue weighted by atomic mass is 9.88. The molecule has 0 radical (unpaired) electrons. The third-order valence-electron chi connectivity index (χ3n) is 6.87. The average Bonchev–Trinajstić information content (AvgIpc) is 3.67. The first-order chi connectivity index (χ1) is 18.6. The van der Waals surface area contributed by atoms with Gasteiger partial charge in [0.2, 0.25) is 11.8 Å². The summed E-state index contributed by atoms with van der Waals surface area (Å²) < 4.78 is 41.0. The van der Waals surface area contributed by atoms with Crippen molar-refractivity contribution in [1.29, 1.82) is 0 Å². The third kappa shape index (κ3) is 5.31. The van der Waals surface area contributed by atoms with E-state index in [1.807, 2.05) is 39.8 Å². The Morgan fingerprint density at radius 1 is 1.23 bits per heavy atom. The number of nitrogens with one attached hydrogen (secondary N) is 1. The molecule has 0 bridgehead atoms. The normalized spacial score (nSPS) is 19.2. The van der Waals surface area contributed by atoms with Crippen LogP contribution in [0.3, 0.4) is 0 Å². The maximum atomic E-state index is 14.1. The number of sulfonamides is 1. The van der Waals surface area contributed by atoms with E-state index in [4.69, 9.17) is 9.47 Å². The summed E-state index contributed by atoms with van der Waals surface area (Å²) in [4.78, 5) is 22.9. The lowest BCUT2D eigenvalue weighted by molar-refractivity contribution is -0.122. The molecule has 9 heteroatoms. The number of pyridine rings is 1. The van der Waals surface area contributed by atoms with E-state index in [9.17, 15) is 13.2 Å². The van der Waals surface area contributed by atoms with Crippen LogP contribution >= 0.6 is 0 Å². The number of carbonyl (C=O) groups excluding carboxylic acids is 1. The molecule has 4 rings (SSSR count). The predicted octanol–water partition coefficient (Wildman–Crippen LogP) is 5.15. The quantitative estimate of drug-likeness (QED) is 0.293. The van der Waals surface area contributed by atoms with Gasteiger partial charge in [-0.2, -0.15) is 0 Å². The smallest absolute Gasteiger partial charge is 0.264 e. The Balaban J connectivity index is 1.80. The molecule has 39 heavy (non-hydrogen) atoms. The highest BCUT2D eigenvalue weighted by atomic mass is 32.2.